The highest BCUT2D eigenvalue weighted by Crippen LogP contribution is 2.46. The Labute approximate surface area is 181 Å². The average molecular weight is 425 g/mol. The SMILES string of the molecule is CC(=O)NC1(c2ccc(C(C)C)cc2OC(=O)N(C)C)C(=O)C2=CCCC(N)=C2C1=O. The third-order valence-electron chi connectivity index (χ3n) is 5.51. The molecule has 0 saturated heterocycles. The normalized spacial score (nSPS) is 20.5. The second-order valence-electron chi connectivity index (χ2n) is 8.32. The van der Waals surface area contributed by atoms with E-state index in [1.165, 1.54) is 25.9 Å². The number of nitrogens with one attached hydrogen (secondary N) is 1. The third kappa shape index (κ3) is 3.62. The van der Waals surface area contributed by atoms with Gasteiger partial charge >= 0.3 is 6.09 Å². The van der Waals surface area contributed by atoms with Crippen LogP contribution in [0.2, 0.25) is 0 Å². The molecule has 0 aromatic heterocycles. The van der Waals surface area contributed by atoms with Gasteiger partial charge < -0.3 is 20.7 Å². The number of hydrogen-bond donors (Lipinski definition) is 2. The number of nitrogens with two attached hydrogens (primary N) is 1. The van der Waals surface area contributed by atoms with E-state index in [1.54, 1.807) is 24.3 Å². The van der Waals surface area contributed by atoms with Crippen LogP contribution in [0, 0.1) is 0 Å². The molecule has 164 valence electrons. The second kappa shape index (κ2) is 8.02. The van der Waals surface area contributed by atoms with E-state index in [1.807, 2.05) is 13.8 Å². The van der Waals surface area contributed by atoms with Crippen LogP contribution in [0.15, 0.2) is 41.1 Å². The molecule has 3 N–H and O–H groups in total. The Morgan fingerprint density at radius 1 is 1.19 bits per heavy atom. The highest BCUT2D eigenvalue weighted by atomic mass is 16.6. The highest BCUT2D eigenvalue weighted by molar-refractivity contribution is 6.36. The molecular weight excluding hydrogens is 398 g/mol. The van der Waals surface area contributed by atoms with Gasteiger partial charge in [-0.25, -0.2) is 4.79 Å². The monoisotopic (exact) mass is 425 g/mol. The van der Waals surface area contributed by atoms with E-state index < -0.39 is 29.1 Å². The summed E-state index contributed by atoms with van der Waals surface area (Å²) in [5.41, 5.74) is 5.63. The minimum Gasteiger partial charge on any atom is -0.410 e. The van der Waals surface area contributed by atoms with Crippen molar-refractivity contribution in [2.75, 3.05) is 14.1 Å². The fraction of sp³-hybridized carbons (Fsp3) is 0.391. The van der Waals surface area contributed by atoms with Crippen molar-refractivity contribution in [3.8, 4) is 5.75 Å². The summed E-state index contributed by atoms with van der Waals surface area (Å²) in [5.74, 6) is -1.63. The van der Waals surface area contributed by atoms with Crippen LogP contribution in [-0.2, 0) is 19.9 Å². The molecule has 0 spiro atoms. The number of hydrogen-bond acceptors (Lipinski definition) is 6. The van der Waals surface area contributed by atoms with Gasteiger partial charge in [-0.2, -0.15) is 0 Å². The van der Waals surface area contributed by atoms with Gasteiger partial charge in [0, 0.05) is 37.9 Å². The lowest BCUT2D eigenvalue weighted by Gasteiger charge is -2.29. The number of benzene rings is 1. The molecule has 0 aliphatic heterocycles. The standard InChI is InChI=1S/C23H27N3O5/c1-12(2)14-9-10-16(18(11-14)31-22(30)26(4)5)23(25-13(3)27)20(28)15-7-6-8-17(24)19(15)21(23)29/h7,9-12H,6,8,24H2,1-5H3,(H,25,27). The van der Waals surface area contributed by atoms with E-state index in [2.05, 4.69) is 5.32 Å². The van der Waals surface area contributed by atoms with Crippen molar-refractivity contribution in [3.05, 3.63) is 52.2 Å². The molecule has 0 bridgehead atoms. The quantitative estimate of drug-likeness (QED) is 0.715. The molecule has 1 unspecified atom stereocenters. The Hall–Kier alpha value is -3.42. The van der Waals surface area contributed by atoms with Crippen LogP contribution in [0.5, 0.6) is 5.75 Å². The van der Waals surface area contributed by atoms with E-state index in [9.17, 15) is 19.2 Å². The Morgan fingerprint density at radius 2 is 1.87 bits per heavy atom. The molecular formula is C23H27N3O5. The number of carbonyl (C=O) groups excluding carboxylic acids is 4. The van der Waals surface area contributed by atoms with Crippen molar-refractivity contribution >= 4 is 23.6 Å². The Morgan fingerprint density at radius 3 is 2.42 bits per heavy atom. The molecule has 3 rings (SSSR count). The second-order valence-corrected chi connectivity index (χ2v) is 8.32. The van der Waals surface area contributed by atoms with Crippen LogP contribution in [-0.4, -0.2) is 42.6 Å². The number of rotatable bonds is 4. The maximum Gasteiger partial charge on any atom is 0.414 e. The van der Waals surface area contributed by atoms with Gasteiger partial charge in [0.15, 0.2) is 5.54 Å². The zero-order chi connectivity index (χ0) is 23.1. The summed E-state index contributed by atoms with van der Waals surface area (Å²) in [6.45, 7) is 5.16. The first kappa shape index (κ1) is 22.3. The average Bonchev–Trinajstić information content (AvgIpc) is 2.90. The summed E-state index contributed by atoms with van der Waals surface area (Å²) in [6, 6.07) is 4.94. The molecule has 0 heterocycles. The van der Waals surface area contributed by atoms with Crippen molar-refractivity contribution in [1.29, 1.82) is 0 Å². The lowest BCUT2D eigenvalue weighted by atomic mass is 9.83. The maximum absolute atomic E-state index is 13.6. The zero-order valence-corrected chi connectivity index (χ0v) is 18.4. The molecule has 0 radical (unpaired) electrons. The molecule has 2 aliphatic rings. The van der Waals surface area contributed by atoms with Crippen molar-refractivity contribution in [2.24, 2.45) is 5.73 Å². The van der Waals surface area contributed by atoms with E-state index in [4.69, 9.17) is 10.5 Å². The van der Waals surface area contributed by atoms with Crippen molar-refractivity contribution in [3.63, 3.8) is 0 Å². The molecule has 1 fully saturated rings. The number of carbonyl (C=O) groups is 4. The first-order valence-electron chi connectivity index (χ1n) is 10.1. The summed E-state index contributed by atoms with van der Waals surface area (Å²) < 4.78 is 5.56. The molecule has 8 nitrogen and oxygen atoms in total. The largest absolute Gasteiger partial charge is 0.414 e. The molecule has 8 heteroatoms. The van der Waals surface area contributed by atoms with Crippen LogP contribution in [0.1, 0.15) is 50.7 Å². The summed E-state index contributed by atoms with van der Waals surface area (Å²) in [6.07, 6.45) is 1.97. The van der Waals surface area contributed by atoms with Gasteiger partial charge in [0.25, 0.3) is 0 Å². The van der Waals surface area contributed by atoms with Gasteiger partial charge in [0.2, 0.25) is 17.5 Å². The number of ether oxygens (including phenoxy) is 1. The van der Waals surface area contributed by atoms with Crippen LogP contribution in [0.25, 0.3) is 0 Å². The predicted octanol–water partition coefficient (Wildman–Crippen LogP) is 2.29. The van der Waals surface area contributed by atoms with Gasteiger partial charge in [-0.3, -0.25) is 14.4 Å². The van der Waals surface area contributed by atoms with E-state index in [-0.39, 0.29) is 28.4 Å². The number of ketones is 2. The molecule has 1 aromatic rings. The van der Waals surface area contributed by atoms with Gasteiger partial charge in [0.1, 0.15) is 5.75 Å². The van der Waals surface area contributed by atoms with Crippen LogP contribution < -0.4 is 15.8 Å². The minimum atomic E-state index is -2.04. The number of Topliss-reactive ketones (excluding diaryl/α,β-unsaturated/α-hetero) is 2. The number of allylic oxidation sites excluding steroid dienone is 2. The highest BCUT2D eigenvalue weighted by Gasteiger charge is 2.59. The lowest BCUT2D eigenvalue weighted by Crippen LogP contribution is -2.53. The van der Waals surface area contributed by atoms with E-state index in [0.717, 1.165) is 5.56 Å². The Balaban J connectivity index is 2.31. The Kier molecular flexibility index (Phi) is 5.76. The van der Waals surface area contributed by atoms with Crippen LogP contribution in [0.3, 0.4) is 0 Å². The number of fused-ring (bicyclic) bond motifs is 1. The molecule has 31 heavy (non-hydrogen) atoms. The van der Waals surface area contributed by atoms with Gasteiger partial charge in [0.05, 0.1) is 5.57 Å². The molecule has 1 atom stereocenters. The number of nitrogens with zero attached hydrogens (tertiary/aromatic N) is 1. The lowest BCUT2D eigenvalue weighted by molar-refractivity contribution is -0.135. The summed E-state index contributed by atoms with van der Waals surface area (Å²) >= 11 is 0. The van der Waals surface area contributed by atoms with Gasteiger partial charge in [-0.1, -0.05) is 32.1 Å². The number of amides is 2. The summed E-state index contributed by atoms with van der Waals surface area (Å²) in [4.78, 5) is 53.0. The molecule has 2 amide bonds. The molecule has 2 aliphatic carbocycles. The Bertz CT molecular complexity index is 1050. The van der Waals surface area contributed by atoms with Crippen LogP contribution in [0.4, 0.5) is 4.79 Å². The molecule has 1 saturated carbocycles. The van der Waals surface area contributed by atoms with Crippen molar-refractivity contribution in [1.82, 2.24) is 10.2 Å². The topological polar surface area (TPSA) is 119 Å². The van der Waals surface area contributed by atoms with Crippen LogP contribution >= 0.6 is 0 Å². The fourth-order valence-electron chi connectivity index (χ4n) is 3.91. The summed E-state index contributed by atoms with van der Waals surface area (Å²) in [5, 5.41) is 2.57. The smallest absolute Gasteiger partial charge is 0.410 e. The van der Waals surface area contributed by atoms with E-state index in [0.29, 0.717) is 18.5 Å². The van der Waals surface area contributed by atoms with Crippen molar-refractivity contribution in [2.45, 2.75) is 45.1 Å². The van der Waals surface area contributed by atoms with E-state index >= 15 is 0 Å². The first-order chi connectivity index (χ1) is 14.5. The predicted molar refractivity (Wildman–Crippen MR) is 114 cm³/mol. The molecule has 1 aromatic carbocycles. The van der Waals surface area contributed by atoms with Crippen molar-refractivity contribution < 1.29 is 23.9 Å². The van der Waals surface area contributed by atoms with Gasteiger partial charge in [-0.15, -0.1) is 0 Å². The van der Waals surface area contributed by atoms with Gasteiger partial charge in [-0.05, 0) is 30.4 Å². The minimum absolute atomic E-state index is 0.0405. The first-order valence-corrected chi connectivity index (χ1v) is 10.1. The maximum atomic E-state index is 13.6. The summed E-state index contributed by atoms with van der Waals surface area (Å²) in [7, 11) is 3.04. The third-order valence-corrected chi connectivity index (χ3v) is 5.51. The zero-order valence-electron chi connectivity index (χ0n) is 18.4. The fourth-order valence-corrected chi connectivity index (χ4v) is 3.91.